The minimum atomic E-state index is -0.424. The smallest absolute Gasteiger partial charge is 0.102 e. The lowest BCUT2D eigenvalue weighted by molar-refractivity contribution is -0.110. The Labute approximate surface area is 201 Å². The Balaban J connectivity index is 1.35. The molecule has 0 heterocycles. The second-order valence-corrected chi connectivity index (χ2v) is 13.2. The number of aliphatic hydroxyl groups is 1. The minimum Gasteiger partial charge on any atom is -0.403 e. The summed E-state index contributed by atoms with van der Waals surface area (Å²) in [6.45, 7) is 7.94. The molecule has 3 N–H and O–H groups in total. The first kappa shape index (κ1) is 23.4. The van der Waals surface area contributed by atoms with Gasteiger partial charge < -0.3 is 10.8 Å². The first-order valence-electron chi connectivity index (χ1n) is 13.8. The minimum absolute atomic E-state index is 0.424. The van der Waals surface area contributed by atoms with Crippen LogP contribution in [0.25, 0.3) is 0 Å². The second-order valence-electron chi connectivity index (χ2n) is 13.2. The molecule has 4 nitrogen and oxygen atoms in total. The van der Waals surface area contributed by atoms with Crippen LogP contribution in [-0.4, -0.2) is 23.5 Å². The molecule has 10 atom stereocenters. The third kappa shape index (κ3) is 4.18. The second kappa shape index (κ2) is 8.71. The molecule has 5 aliphatic carbocycles. The largest absolute Gasteiger partial charge is 0.403 e. The molecule has 5 saturated carbocycles. The fraction of sp³-hybridized carbons (Fsp3) is 0.862. The fourth-order valence-electron chi connectivity index (χ4n) is 9.75. The lowest BCUT2D eigenvalue weighted by Gasteiger charge is -2.58. The van der Waals surface area contributed by atoms with E-state index >= 15 is 0 Å². The highest BCUT2D eigenvalue weighted by molar-refractivity contribution is 5.83. The number of nitrogens with two attached hydrogens (primary N) is 1. The summed E-state index contributed by atoms with van der Waals surface area (Å²) in [5.41, 5.74) is 6.00. The first-order valence-corrected chi connectivity index (χ1v) is 13.8. The van der Waals surface area contributed by atoms with Gasteiger partial charge in [-0.05, 0) is 130 Å². The monoisotopic (exact) mass is 451 g/mol. The van der Waals surface area contributed by atoms with Gasteiger partial charge in [0.05, 0.1) is 11.2 Å². The fourth-order valence-corrected chi connectivity index (χ4v) is 9.75. The van der Waals surface area contributed by atoms with Gasteiger partial charge in [0, 0.05) is 19.0 Å². The highest BCUT2D eigenvalue weighted by Crippen LogP contribution is 2.70. The molecule has 0 unspecified atom stereocenters. The molecule has 5 aliphatic rings. The number of nitrogens with zero attached hydrogens (tertiary/aromatic N) is 2. The van der Waals surface area contributed by atoms with Crippen LogP contribution in [0.1, 0.15) is 85.0 Å². The van der Waals surface area contributed by atoms with Crippen LogP contribution in [-0.2, 0) is 0 Å². The van der Waals surface area contributed by atoms with Gasteiger partial charge in [-0.2, -0.15) is 5.26 Å². The Morgan fingerprint density at radius 2 is 1.79 bits per heavy atom. The molecule has 5 fully saturated rings. The third-order valence-electron chi connectivity index (χ3n) is 11.2. The summed E-state index contributed by atoms with van der Waals surface area (Å²) >= 11 is 0. The maximum atomic E-state index is 10.7. The van der Waals surface area contributed by atoms with Crippen molar-refractivity contribution in [2.45, 2.75) is 90.6 Å². The summed E-state index contributed by atoms with van der Waals surface area (Å²) in [4.78, 5) is 4.64. The zero-order chi connectivity index (χ0) is 23.4. The quantitative estimate of drug-likeness (QED) is 0.414. The Morgan fingerprint density at radius 3 is 2.48 bits per heavy atom. The van der Waals surface area contributed by atoms with Crippen molar-refractivity contribution in [3.63, 3.8) is 0 Å². The summed E-state index contributed by atoms with van der Waals surface area (Å²) < 4.78 is 0. The normalized spacial score (nSPS) is 48.6. The van der Waals surface area contributed by atoms with Crippen molar-refractivity contribution in [2.24, 2.45) is 69.4 Å². The molecular formula is C29H45N3O. The van der Waals surface area contributed by atoms with Crippen LogP contribution >= 0.6 is 0 Å². The Morgan fingerprint density at radius 1 is 1.06 bits per heavy atom. The molecule has 0 aromatic heterocycles. The van der Waals surface area contributed by atoms with Gasteiger partial charge in [0.15, 0.2) is 0 Å². The van der Waals surface area contributed by atoms with Gasteiger partial charge in [-0.3, -0.25) is 4.99 Å². The molecule has 4 heteroatoms. The van der Waals surface area contributed by atoms with Gasteiger partial charge in [-0.1, -0.05) is 13.8 Å². The van der Waals surface area contributed by atoms with Crippen LogP contribution in [0.15, 0.2) is 16.8 Å². The standard InChI is InChI=1S/C29H45N3O/c1-18(16-32-17-19(14-30)15-31)26-12-25(20-4-5-20)27-24-7-6-21-13-28(2,33)10-8-22(21)23(24)9-11-29(26,27)3/h14,17-18,20-27,33H,4-13,16,30H2,1-3H3/t18-,21+,22-,23+,24+,25-,26+,27+,28+,29+/m0/s1. The third-order valence-corrected chi connectivity index (χ3v) is 11.2. The molecule has 33 heavy (non-hydrogen) atoms. The van der Waals surface area contributed by atoms with E-state index < -0.39 is 5.60 Å². The highest BCUT2D eigenvalue weighted by Gasteiger charge is 2.63. The SMILES string of the molecule is C[C@@H](CN=CC(C#N)=CN)[C@H]1C[C@@H](C2CC2)[C@H]2[C@@H]3CC[C@@H]4C[C@](C)(O)CC[C@@H]4[C@H]3CC[C@@]21C. The maximum absolute atomic E-state index is 10.7. The molecule has 5 rings (SSSR count). The first-order chi connectivity index (χ1) is 15.8. The Bertz CT molecular complexity index is 836. The van der Waals surface area contributed by atoms with Crippen molar-refractivity contribution >= 4 is 6.21 Å². The molecule has 182 valence electrons. The van der Waals surface area contributed by atoms with Gasteiger partial charge in [-0.25, -0.2) is 0 Å². The van der Waals surface area contributed by atoms with E-state index in [9.17, 15) is 5.11 Å². The van der Waals surface area contributed by atoms with Gasteiger partial charge in [-0.15, -0.1) is 0 Å². The number of rotatable bonds is 5. The zero-order valence-corrected chi connectivity index (χ0v) is 21.0. The molecule has 0 amide bonds. The number of aliphatic imine (C=N–C) groups is 1. The molecule has 0 aromatic carbocycles. The van der Waals surface area contributed by atoms with Crippen molar-refractivity contribution in [3.05, 3.63) is 11.8 Å². The van der Waals surface area contributed by atoms with Crippen LogP contribution in [0.4, 0.5) is 0 Å². The molecule has 0 saturated heterocycles. The topological polar surface area (TPSA) is 82.4 Å². The molecular weight excluding hydrogens is 406 g/mol. The zero-order valence-electron chi connectivity index (χ0n) is 21.0. The molecule has 0 aliphatic heterocycles. The van der Waals surface area contributed by atoms with Crippen molar-refractivity contribution in [1.82, 2.24) is 0 Å². The highest BCUT2D eigenvalue weighted by atomic mass is 16.3. The lowest BCUT2D eigenvalue weighted by atomic mass is 9.47. The van der Waals surface area contributed by atoms with Crippen LogP contribution in [0.2, 0.25) is 0 Å². The van der Waals surface area contributed by atoms with E-state index in [-0.39, 0.29) is 0 Å². The predicted molar refractivity (Wildman–Crippen MR) is 133 cm³/mol. The van der Waals surface area contributed by atoms with Crippen molar-refractivity contribution in [3.8, 4) is 6.07 Å². The predicted octanol–water partition coefficient (Wildman–Crippen LogP) is 5.72. The van der Waals surface area contributed by atoms with E-state index in [4.69, 9.17) is 11.0 Å². The van der Waals surface area contributed by atoms with Crippen molar-refractivity contribution in [2.75, 3.05) is 6.54 Å². The van der Waals surface area contributed by atoms with E-state index in [0.29, 0.717) is 16.9 Å². The number of allylic oxidation sites excluding steroid dienone is 1. The summed E-state index contributed by atoms with van der Waals surface area (Å²) in [5, 5.41) is 19.8. The lowest BCUT2D eigenvalue weighted by Crippen LogP contribution is -2.52. The van der Waals surface area contributed by atoms with Gasteiger partial charge in [0.25, 0.3) is 0 Å². The van der Waals surface area contributed by atoms with Crippen LogP contribution in [0, 0.1) is 70.0 Å². The van der Waals surface area contributed by atoms with Crippen molar-refractivity contribution in [1.29, 1.82) is 5.26 Å². The van der Waals surface area contributed by atoms with Crippen molar-refractivity contribution < 1.29 is 5.11 Å². The van der Waals surface area contributed by atoms with Crippen LogP contribution in [0.5, 0.6) is 0 Å². The summed E-state index contributed by atoms with van der Waals surface area (Å²) in [5.74, 6) is 7.50. The molecule has 0 spiro atoms. The van der Waals surface area contributed by atoms with E-state index in [1.807, 2.05) is 0 Å². The number of hydrogen-bond acceptors (Lipinski definition) is 4. The van der Waals surface area contributed by atoms with Crippen LogP contribution < -0.4 is 5.73 Å². The Hall–Kier alpha value is -1.34. The average molecular weight is 452 g/mol. The van der Waals surface area contributed by atoms with Gasteiger partial charge in [0.1, 0.15) is 6.07 Å². The van der Waals surface area contributed by atoms with Gasteiger partial charge >= 0.3 is 0 Å². The van der Waals surface area contributed by atoms with Crippen LogP contribution in [0.3, 0.4) is 0 Å². The molecule has 0 radical (unpaired) electrons. The van der Waals surface area contributed by atoms with E-state index in [1.165, 1.54) is 57.6 Å². The van der Waals surface area contributed by atoms with E-state index in [0.717, 1.165) is 66.7 Å². The van der Waals surface area contributed by atoms with E-state index in [1.54, 1.807) is 6.21 Å². The number of fused-ring (bicyclic) bond motifs is 5. The number of nitriles is 1. The maximum Gasteiger partial charge on any atom is 0.102 e. The summed E-state index contributed by atoms with van der Waals surface area (Å²) in [6.07, 6.45) is 16.1. The summed E-state index contributed by atoms with van der Waals surface area (Å²) in [6, 6.07) is 2.11. The summed E-state index contributed by atoms with van der Waals surface area (Å²) in [7, 11) is 0. The Kier molecular flexibility index (Phi) is 6.17. The van der Waals surface area contributed by atoms with Gasteiger partial charge in [0.2, 0.25) is 0 Å². The average Bonchev–Trinajstić information content (AvgIpc) is 3.57. The molecule has 0 bridgehead atoms. The molecule has 0 aromatic rings. The number of hydrogen-bond donors (Lipinski definition) is 2. The van der Waals surface area contributed by atoms with E-state index in [2.05, 4.69) is 31.8 Å².